The molecule has 0 spiro atoms. The van der Waals surface area contributed by atoms with Crippen LogP contribution >= 0.6 is 0 Å². The van der Waals surface area contributed by atoms with Gasteiger partial charge in [-0.05, 0) is 23.3 Å². The van der Waals surface area contributed by atoms with Gasteiger partial charge in [0.2, 0.25) is 0 Å². The molecule has 0 aromatic heterocycles. The molecule has 0 atom stereocenters. The second-order valence-corrected chi connectivity index (χ2v) is 5.54. The maximum absolute atomic E-state index is 12.7. The van der Waals surface area contributed by atoms with Crippen molar-refractivity contribution in [3.05, 3.63) is 69.8 Å². The van der Waals surface area contributed by atoms with E-state index in [1.54, 1.807) is 24.3 Å². The summed E-state index contributed by atoms with van der Waals surface area (Å²) in [6.07, 6.45) is 3.29. The van der Waals surface area contributed by atoms with Crippen molar-refractivity contribution in [3.63, 3.8) is 0 Å². The zero-order valence-electron chi connectivity index (χ0n) is 10.6. The van der Waals surface area contributed by atoms with Crippen LogP contribution in [-0.2, 0) is 10.2 Å². The van der Waals surface area contributed by atoms with Crippen LogP contribution in [0.15, 0.2) is 53.4 Å². The van der Waals surface area contributed by atoms with Gasteiger partial charge in [0.15, 0.2) is 0 Å². The Kier molecular flexibility index (Phi) is 4.13. The highest BCUT2D eigenvalue weighted by molar-refractivity contribution is 7.86. The maximum atomic E-state index is 12.7. The molecule has 0 bridgehead atoms. The van der Waals surface area contributed by atoms with E-state index in [4.69, 9.17) is 0 Å². The van der Waals surface area contributed by atoms with E-state index in [0.717, 1.165) is 12.1 Å². The highest BCUT2D eigenvalue weighted by atomic mass is 32.3. The third-order valence-electron chi connectivity index (χ3n) is 2.71. The van der Waals surface area contributed by atoms with Crippen molar-refractivity contribution >= 4 is 28.1 Å². The van der Waals surface area contributed by atoms with E-state index in [9.17, 15) is 22.4 Å². The predicted octanol–water partition coefficient (Wildman–Crippen LogP) is 3.42. The first-order valence-corrected chi connectivity index (χ1v) is 7.22. The van der Waals surface area contributed by atoms with Gasteiger partial charge in [-0.25, -0.2) is 0 Å². The van der Waals surface area contributed by atoms with Crippen LogP contribution in [0, 0.1) is 10.1 Å². The second-order valence-electron chi connectivity index (χ2n) is 4.19. The van der Waals surface area contributed by atoms with Gasteiger partial charge in [-0.15, -0.1) is 3.89 Å². The molecule has 0 unspecified atom stereocenters. The number of hydrogen-bond acceptors (Lipinski definition) is 4. The third kappa shape index (κ3) is 3.96. The van der Waals surface area contributed by atoms with Crippen LogP contribution in [0.5, 0.6) is 0 Å². The van der Waals surface area contributed by atoms with Gasteiger partial charge >= 0.3 is 10.2 Å². The number of nitro groups is 1. The highest BCUT2D eigenvalue weighted by Gasteiger charge is 2.10. The van der Waals surface area contributed by atoms with E-state index in [2.05, 4.69) is 0 Å². The number of halogens is 1. The second kappa shape index (κ2) is 5.84. The van der Waals surface area contributed by atoms with E-state index < -0.39 is 20.0 Å². The molecule has 0 heterocycles. The van der Waals surface area contributed by atoms with E-state index in [1.807, 2.05) is 0 Å². The van der Waals surface area contributed by atoms with Gasteiger partial charge in [0.05, 0.1) is 9.82 Å². The van der Waals surface area contributed by atoms with Gasteiger partial charge in [0, 0.05) is 12.1 Å². The summed E-state index contributed by atoms with van der Waals surface area (Å²) < 4.78 is 34.1. The minimum Gasteiger partial charge on any atom is -0.258 e. The standard InChI is InChI=1S/C14H10FNO4S/c15-21(19,20)14-8-6-11(7-9-14)4-5-12-2-1-3-13(10-12)16(17)18/h1-10H/b5-4+. The fourth-order valence-corrected chi connectivity index (χ4v) is 2.14. The zero-order valence-corrected chi connectivity index (χ0v) is 11.5. The Hall–Kier alpha value is -2.54. The fourth-order valence-electron chi connectivity index (χ4n) is 1.68. The first kappa shape index (κ1) is 14.9. The number of rotatable bonds is 4. The molecule has 7 heteroatoms. The van der Waals surface area contributed by atoms with Gasteiger partial charge in [0.1, 0.15) is 0 Å². The lowest BCUT2D eigenvalue weighted by molar-refractivity contribution is -0.384. The largest absolute Gasteiger partial charge is 0.332 e. The summed E-state index contributed by atoms with van der Waals surface area (Å²) in [5.41, 5.74) is 1.26. The lowest BCUT2D eigenvalue weighted by Gasteiger charge is -1.97. The van der Waals surface area contributed by atoms with Crippen molar-refractivity contribution in [2.24, 2.45) is 0 Å². The Labute approximate surface area is 120 Å². The number of non-ortho nitro benzene ring substituents is 1. The van der Waals surface area contributed by atoms with Gasteiger partial charge < -0.3 is 0 Å². The Morgan fingerprint density at radius 3 is 2.19 bits per heavy atom. The van der Waals surface area contributed by atoms with Gasteiger partial charge in [-0.1, -0.05) is 36.4 Å². The van der Waals surface area contributed by atoms with E-state index in [0.29, 0.717) is 11.1 Å². The first-order chi connectivity index (χ1) is 9.86. The molecule has 0 saturated heterocycles. The molecule has 0 saturated carbocycles. The molecular weight excluding hydrogens is 297 g/mol. The molecule has 5 nitrogen and oxygen atoms in total. The molecule has 0 aliphatic heterocycles. The first-order valence-electron chi connectivity index (χ1n) is 5.83. The molecule has 0 fully saturated rings. The monoisotopic (exact) mass is 307 g/mol. The van der Waals surface area contributed by atoms with Crippen LogP contribution in [0.2, 0.25) is 0 Å². The minimum absolute atomic E-state index is 0.0176. The van der Waals surface area contributed by atoms with Crippen molar-refractivity contribution < 1.29 is 17.2 Å². The summed E-state index contributed by atoms with van der Waals surface area (Å²) in [4.78, 5) is 9.75. The van der Waals surface area contributed by atoms with Crippen LogP contribution in [0.4, 0.5) is 9.57 Å². The number of benzene rings is 2. The molecule has 0 N–H and O–H groups in total. The van der Waals surface area contributed by atoms with Gasteiger partial charge in [-0.2, -0.15) is 8.42 Å². The zero-order chi connectivity index (χ0) is 15.5. The lowest BCUT2D eigenvalue weighted by Crippen LogP contribution is -1.90. The molecule has 108 valence electrons. The van der Waals surface area contributed by atoms with Crippen molar-refractivity contribution in [3.8, 4) is 0 Å². The molecule has 0 aliphatic carbocycles. The smallest absolute Gasteiger partial charge is 0.258 e. The maximum Gasteiger partial charge on any atom is 0.332 e. The molecular formula is C14H10FNO4S. The Morgan fingerprint density at radius 1 is 1.00 bits per heavy atom. The Bertz CT molecular complexity index is 798. The Balaban J connectivity index is 2.22. The fraction of sp³-hybridized carbons (Fsp3) is 0. The van der Waals surface area contributed by atoms with E-state index >= 15 is 0 Å². The van der Waals surface area contributed by atoms with Crippen molar-refractivity contribution in [2.45, 2.75) is 4.90 Å². The minimum atomic E-state index is -4.70. The van der Waals surface area contributed by atoms with Crippen LogP contribution in [0.3, 0.4) is 0 Å². The highest BCUT2D eigenvalue weighted by Crippen LogP contribution is 2.17. The van der Waals surface area contributed by atoms with Crippen LogP contribution in [0.1, 0.15) is 11.1 Å². The molecule has 2 aromatic carbocycles. The summed E-state index contributed by atoms with van der Waals surface area (Å²) in [5, 5.41) is 10.6. The molecule has 21 heavy (non-hydrogen) atoms. The predicted molar refractivity (Wildman–Crippen MR) is 76.8 cm³/mol. The molecule has 2 aromatic rings. The van der Waals surface area contributed by atoms with E-state index in [1.165, 1.54) is 24.3 Å². The number of nitro benzene ring substituents is 1. The van der Waals surface area contributed by atoms with Gasteiger partial charge in [-0.3, -0.25) is 10.1 Å². The van der Waals surface area contributed by atoms with E-state index in [-0.39, 0.29) is 5.69 Å². The summed E-state index contributed by atoms with van der Waals surface area (Å²) in [6.45, 7) is 0. The molecule has 2 rings (SSSR count). The summed E-state index contributed by atoms with van der Waals surface area (Å²) in [7, 11) is -4.70. The van der Waals surface area contributed by atoms with Crippen molar-refractivity contribution in [2.75, 3.05) is 0 Å². The summed E-state index contributed by atoms with van der Waals surface area (Å²) >= 11 is 0. The number of nitrogens with zero attached hydrogens (tertiary/aromatic N) is 1. The topological polar surface area (TPSA) is 77.3 Å². The molecule has 0 amide bonds. The quantitative estimate of drug-likeness (QED) is 0.375. The lowest BCUT2D eigenvalue weighted by atomic mass is 10.1. The van der Waals surface area contributed by atoms with Crippen molar-refractivity contribution in [1.29, 1.82) is 0 Å². The van der Waals surface area contributed by atoms with Gasteiger partial charge in [0.25, 0.3) is 5.69 Å². The van der Waals surface area contributed by atoms with Crippen molar-refractivity contribution in [1.82, 2.24) is 0 Å². The SMILES string of the molecule is O=[N+]([O-])c1cccc(/C=C/c2ccc(S(=O)(=O)F)cc2)c1. The molecule has 0 radical (unpaired) electrons. The average Bonchev–Trinajstić information content (AvgIpc) is 2.45. The third-order valence-corrected chi connectivity index (χ3v) is 3.55. The average molecular weight is 307 g/mol. The van der Waals surface area contributed by atoms with Crippen LogP contribution in [0.25, 0.3) is 12.2 Å². The number of hydrogen-bond donors (Lipinski definition) is 0. The molecule has 0 aliphatic rings. The Morgan fingerprint density at radius 2 is 1.62 bits per heavy atom. The summed E-state index contributed by atoms with van der Waals surface area (Å²) in [5.74, 6) is 0. The van der Waals surface area contributed by atoms with Crippen LogP contribution in [-0.4, -0.2) is 13.3 Å². The summed E-state index contributed by atoms with van der Waals surface area (Å²) in [6, 6.07) is 11.3. The van der Waals surface area contributed by atoms with Crippen LogP contribution < -0.4 is 0 Å². The normalized spacial score (nSPS) is 11.7.